The van der Waals surface area contributed by atoms with Gasteiger partial charge in [0, 0.05) is 31.2 Å². The molecule has 2 N–H and O–H groups in total. The quantitative estimate of drug-likeness (QED) is 0.545. The second kappa shape index (κ2) is 8.92. The van der Waals surface area contributed by atoms with Gasteiger partial charge in [-0.15, -0.1) is 0 Å². The summed E-state index contributed by atoms with van der Waals surface area (Å²) in [5.41, 5.74) is 3.14. The van der Waals surface area contributed by atoms with Gasteiger partial charge in [-0.25, -0.2) is 9.59 Å². The molecule has 0 saturated carbocycles. The first-order valence-electron chi connectivity index (χ1n) is 12.1. The minimum Gasteiger partial charge on any atom is -0.490 e. The molecule has 8 heteroatoms. The predicted octanol–water partition coefficient (Wildman–Crippen LogP) is 4.45. The summed E-state index contributed by atoms with van der Waals surface area (Å²) < 4.78 is 13.9. The number of benzene rings is 2. The van der Waals surface area contributed by atoms with Gasteiger partial charge < -0.3 is 19.6 Å². The number of fused-ring (bicyclic) bond motifs is 2. The van der Waals surface area contributed by atoms with Crippen molar-refractivity contribution >= 4 is 23.1 Å². The van der Waals surface area contributed by atoms with Crippen molar-refractivity contribution in [2.45, 2.75) is 51.8 Å². The van der Waals surface area contributed by atoms with E-state index < -0.39 is 5.97 Å². The Bertz CT molecular complexity index is 1360. The number of nitrogens with one attached hydrogen (secondary N) is 1. The fraction of sp³-hybridized carbons (Fsp3) is 0.407. The van der Waals surface area contributed by atoms with Gasteiger partial charge in [0.15, 0.2) is 11.5 Å². The molecule has 1 saturated heterocycles. The largest absolute Gasteiger partial charge is 0.490 e. The molecule has 0 bridgehead atoms. The lowest BCUT2D eigenvalue weighted by Gasteiger charge is -2.33. The number of hydrogen-bond acceptors (Lipinski definition) is 5. The normalized spacial score (nSPS) is 17.8. The summed E-state index contributed by atoms with van der Waals surface area (Å²) in [5.74, 6) is 0.569. The molecule has 3 aromatic rings. The number of ether oxygens (including phenoxy) is 2. The number of likely N-dealkylation sites (tertiary alicyclic amines) is 1. The Hall–Kier alpha value is -3.52. The van der Waals surface area contributed by atoms with Crippen LogP contribution < -0.4 is 15.2 Å². The molecule has 1 fully saturated rings. The number of carbonyl (C=O) groups is 1. The number of carboxylic acid groups (broad SMARTS) is 1. The summed E-state index contributed by atoms with van der Waals surface area (Å²) in [4.78, 5) is 29.2. The first-order valence-corrected chi connectivity index (χ1v) is 12.1. The van der Waals surface area contributed by atoms with Crippen LogP contribution in [0.25, 0.3) is 17.1 Å². The van der Waals surface area contributed by atoms with Crippen LogP contribution in [-0.4, -0.2) is 50.8 Å². The lowest BCUT2D eigenvalue weighted by atomic mass is 9.99. The number of nitrogens with zero attached hydrogens (tertiary/aromatic N) is 2. The molecule has 0 radical (unpaired) electrons. The molecule has 0 unspecified atom stereocenters. The summed E-state index contributed by atoms with van der Waals surface area (Å²) in [6.07, 6.45) is 5.86. The number of carboxylic acids is 1. The fourth-order valence-electron chi connectivity index (χ4n) is 5.08. The zero-order valence-electron chi connectivity index (χ0n) is 20.3. The van der Waals surface area contributed by atoms with Crippen molar-refractivity contribution in [1.82, 2.24) is 14.5 Å². The number of aromatic nitrogens is 2. The topological polar surface area (TPSA) is 96.8 Å². The number of hydrogen-bond donors (Lipinski definition) is 2. The molecule has 2 aliphatic heterocycles. The molecule has 2 aliphatic rings. The second-order valence-corrected chi connectivity index (χ2v) is 9.83. The van der Waals surface area contributed by atoms with Gasteiger partial charge in [0.05, 0.1) is 23.2 Å². The van der Waals surface area contributed by atoms with Gasteiger partial charge in [-0.2, -0.15) is 0 Å². The van der Waals surface area contributed by atoms with Crippen molar-refractivity contribution in [1.29, 1.82) is 0 Å². The predicted molar refractivity (Wildman–Crippen MR) is 134 cm³/mol. The Kier molecular flexibility index (Phi) is 5.92. The van der Waals surface area contributed by atoms with Crippen molar-refractivity contribution < 1.29 is 19.4 Å². The molecule has 5 rings (SSSR count). The molecule has 0 amide bonds. The molecule has 8 nitrogen and oxygen atoms in total. The molecule has 1 aromatic heterocycles. The van der Waals surface area contributed by atoms with Crippen LogP contribution in [0.1, 0.15) is 61.1 Å². The highest BCUT2D eigenvalue weighted by Gasteiger charge is 2.27. The van der Waals surface area contributed by atoms with E-state index in [4.69, 9.17) is 9.47 Å². The Morgan fingerprint density at radius 2 is 2.00 bits per heavy atom. The molecular formula is C27H31N3O5. The van der Waals surface area contributed by atoms with Crippen LogP contribution in [0.4, 0.5) is 0 Å². The van der Waals surface area contributed by atoms with Gasteiger partial charge in [0.2, 0.25) is 0 Å². The molecule has 35 heavy (non-hydrogen) atoms. The molecule has 0 aliphatic carbocycles. The maximum absolute atomic E-state index is 12.7. The number of imidazole rings is 1. The zero-order chi connectivity index (χ0) is 24.7. The van der Waals surface area contributed by atoms with E-state index in [-0.39, 0.29) is 22.9 Å². The number of rotatable bonds is 6. The van der Waals surface area contributed by atoms with E-state index in [1.807, 2.05) is 20.8 Å². The van der Waals surface area contributed by atoms with Crippen molar-refractivity contribution in [2.24, 2.45) is 0 Å². The van der Waals surface area contributed by atoms with Crippen LogP contribution in [0.3, 0.4) is 0 Å². The SMILES string of the molecule is CCOc1cc(CN2CCC(n3c(=O)[nH]c4cc(C(=O)O)ccc43)CC2)cc2c1OC(C)(C)C=C2. The minimum absolute atomic E-state index is 0.0734. The van der Waals surface area contributed by atoms with E-state index in [0.717, 1.165) is 55.1 Å². The number of aromatic carboxylic acids is 1. The van der Waals surface area contributed by atoms with Crippen LogP contribution in [0.15, 0.2) is 41.2 Å². The molecular weight excluding hydrogens is 446 g/mol. The minimum atomic E-state index is -1.01. The van der Waals surface area contributed by atoms with E-state index >= 15 is 0 Å². The first kappa shape index (κ1) is 23.2. The summed E-state index contributed by atoms with van der Waals surface area (Å²) in [6.45, 7) is 9.12. The van der Waals surface area contributed by atoms with Crippen LogP contribution in [0, 0.1) is 0 Å². The van der Waals surface area contributed by atoms with Crippen LogP contribution in [0.5, 0.6) is 11.5 Å². The Morgan fingerprint density at radius 3 is 2.71 bits per heavy atom. The standard InChI is InChI=1S/C27H31N3O5/c1-4-34-23-14-17(13-18-7-10-27(2,3)35-24(18)23)16-29-11-8-20(9-12-29)30-22-6-5-19(25(31)32)15-21(22)28-26(30)33/h5-7,10,13-15,20H,4,8-9,11-12,16H2,1-3H3,(H,28,33)(H,31,32). The summed E-state index contributed by atoms with van der Waals surface area (Å²) in [5, 5.41) is 9.23. The van der Waals surface area contributed by atoms with E-state index in [1.165, 1.54) is 11.6 Å². The third kappa shape index (κ3) is 4.58. The average molecular weight is 478 g/mol. The Morgan fingerprint density at radius 1 is 1.23 bits per heavy atom. The average Bonchev–Trinajstić information content (AvgIpc) is 3.15. The van der Waals surface area contributed by atoms with Crippen molar-refractivity contribution in [3.63, 3.8) is 0 Å². The molecule has 184 valence electrons. The third-order valence-corrected chi connectivity index (χ3v) is 6.76. The van der Waals surface area contributed by atoms with Crippen molar-refractivity contribution in [3.8, 4) is 11.5 Å². The number of aromatic amines is 1. The van der Waals surface area contributed by atoms with Crippen molar-refractivity contribution in [2.75, 3.05) is 19.7 Å². The third-order valence-electron chi connectivity index (χ3n) is 6.76. The van der Waals surface area contributed by atoms with Gasteiger partial charge in [0.25, 0.3) is 0 Å². The van der Waals surface area contributed by atoms with Crippen LogP contribution in [-0.2, 0) is 6.54 Å². The van der Waals surface area contributed by atoms with Crippen molar-refractivity contribution in [3.05, 3.63) is 63.6 Å². The lowest BCUT2D eigenvalue weighted by Crippen LogP contribution is -2.36. The van der Waals surface area contributed by atoms with Gasteiger partial charge >= 0.3 is 11.7 Å². The van der Waals surface area contributed by atoms with Gasteiger partial charge in [-0.3, -0.25) is 9.47 Å². The van der Waals surface area contributed by atoms with E-state index in [0.29, 0.717) is 12.1 Å². The summed E-state index contributed by atoms with van der Waals surface area (Å²) >= 11 is 0. The van der Waals surface area contributed by atoms with E-state index in [9.17, 15) is 14.7 Å². The van der Waals surface area contributed by atoms with Gasteiger partial charge in [-0.1, -0.05) is 6.08 Å². The number of H-pyrrole nitrogens is 1. The monoisotopic (exact) mass is 477 g/mol. The molecule has 0 atom stereocenters. The van der Waals surface area contributed by atoms with Gasteiger partial charge in [-0.05, 0) is 75.6 Å². The van der Waals surface area contributed by atoms with Crippen LogP contribution in [0.2, 0.25) is 0 Å². The maximum atomic E-state index is 12.7. The second-order valence-electron chi connectivity index (χ2n) is 9.83. The van der Waals surface area contributed by atoms with Gasteiger partial charge in [0.1, 0.15) is 5.60 Å². The molecule has 2 aromatic carbocycles. The van der Waals surface area contributed by atoms with Crippen LogP contribution >= 0.6 is 0 Å². The fourth-order valence-corrected chi connectivity index (χ4v) is 5.08. The lowest BCUT2D eigenvalue weighted by molar-refractivity contribution is 0.0697. The Balaban J connectivity index is 1.31. The first-order chi connectivity index (χ1) is 16.7. The summed E-state index contributed by atoms with van der Waals surface area (Å²) in [6, 6.07) is 9.12. The van der Waals surface area contributed by atoms with E-state index in [2.05, 4.69) is 34.2 Å². The maximum Gasteiger partial charge on any atom is 0.335 e. The summed E-state index contributed by atoms with van der Waals surface area (Å²) in [7, 11) is 0. The zero-order valence-corrected chi connectivity index (χ0v) is 20.3. The Labute approximate surface area is 203 Å². The highest BCUT2D eigenvalue weighted by Crippen LogP contribution is 2.40. The highest BCUT2D eigenvalue weighted by atomic mass is 16.5. The highest BCUT2D eigenvalue weighted by molar-refractivity contribution is 5.92. The van der Waals surface area contributed by atoms with E-state index in [1.54, 1.807) is 16.7 Å². The molecule has 0 spiro atoms. The smallest absolute Gasteiger partial charge is 0.335 e. The number of piperidine rings is 1. The molecule has 3 heterocycles.